The van der Waals surface area contributed by atoms with Crippen LogP contribution in [-0.2, 0) is 9.53 Å². The molecule has 3 N–H and O–H groups in total. The van der Waals surface area contributed by atoms with E-state index in [9.17, 15) is 4.79 Å². The summed E-state index contributed by atoms with van der Waals surface area (Å²) < 4.78 is 5.08. The van der Waals surface area contributed by atoms with Crippen molar-refractivity contribution in [3.05, 3.63) is 24.3 Å². The van der Waals surface area contributed by atoms with Crippen LogP contribution >= 0.6 is 0 Å². The molecular weight excluding hydrogens is 242 g/mol. The number of nitrogens with zero attached hydrogens (tertiary/aromatic N) is 1. The summed E-state index contributed by atoms with van der Waals surface area (Å²) in [5.41, 5.74) is 7.04. The van der Waals surface area contributed by atoms with Gasteiger partial charge in [-0.25, -0.2) is 0 Å². The molecule has 0 radical (unpaired) electrons. The first-order chi connectivity index (χ1) is 9.02. The fourth-order valence-electron chi connectivity index (χ4n) is 1.66. The van der Waals surface area contributed by atoms with Gasteiger partial charge < -0.3 is 20.7 Å². The molecule has 0 aromatic heterocycles. The van der Waals surface area contributed by atoms with E-state index in [-0.39, 0.29) is 5.91 Å². The van der Waals surface area contributed by atoms with Crippen LogP contribution in [0.2, 0.25) is 0 Å². The maximum Gasteiger partial charge on any atom is 0.225 e. The van der Waals surface area contributed by atoms with E-state index in [1.807, 2.05) is 7.05 Å². The zero-order valence-electron chi connectivity index (χ0n) is 11.8. The highest BCUT2D eigenvalue weighted by Gasteiger charge is 2.10. The topological polar surface area (TPSA) is 67.6 Å². The molecule has 19 heavy (non-hydrogen) atoms. The fraction of sp³-hybridized carbons (Fsp3) is 0.500. The van der Waals surface area contributed by atoms with Crippen LogP contribution in [0.15, 0.2) is 24.3 Å². The van der Waals surface area contributed by atoms with E-state index in [0.717, 1.165) is 5.69 Å². The Hall–Kier alpha value is -1.59. The molecular formula is C14H23N3O2. The molecule has 0 aliphatic heterocycles. The van der Waals surface area contributed by atoms with Crippen molar-refractivity contribution in [2.24, 2.45) is 0 Å². The maximum absolute atomic E-state index is 11.8. The Balaban J connectivity index is 2.33. The predicted octanol–water partition coefficient (Wildman–Crippen LogP) is 1.56. The number of nitrogens with one attached hydrogen (secondary N) is 1. The minimum Gasteiger partial charge on any atom is -0.399 e. The predicted molar refractivity (Wildman–Crippen MR) is 78.1 cm³/mol. The van der Waals surface area contributed by atoms with E-state index in [1.165, 1.54) is 0 Å². The number of ether oxygens (including phenoxy) is 1. The number of carbonyl (C=O) groups excluding carboxylic acids is 1. The molecule has 1 unspecified atom stereocenters. The Kier molecular flexibility index (Phi) is 6.32. The molecule has 1 rings (SSSR count). The van der Waals surface area contributed by atoms with Crippen LogP contribution in [0.4, 0.5) is 11.4 Å². The fourth-order valence-corrected chi connectivity index (χ4v) is 1.66. The smallest absolute Gasteiger partial charge is 0.225 e. The van der Waals surface area contributed by atoms with Gasteiger partial charge in [0, 0.05) is 37.5 Å². The Bertz CT molecular complexity index is 392. The van der Waals surface area contributed by atoms with Crippen molar-refractivity contribution in [3.8, 4) is 0 Å². The number of amides is 1. The van der Waals surface area contributed by atoms with Crippen molar-refractivity contribution in [1.82, 2.24) is 4.90 Å². The third-order valence-electron chi connectivity index (χ3n) is 3.05. The lowest BCUT2D eigenvalue weighted by molar-refractivity contribution is -0.116. The van der Waals surface area contributed by atoms with Crippen molar-refractivity contribution in [1.29, 1.82) is 0 Å². The van der Waals surface area contributed by atoms with Gasteiger partial charge in [-0.2, -0.15) is 0 Å². The molecule has 0 aliphatic rings. The Labute approximate surface area is 114 Å². The van der Waals surface area contributed by atoms with Gasteiger partial charge in [0.15, 0.2) is 0 Å². The summed E-state index contributed by atoms with van der Waals surface area (Å²) in [6.07, 6.45) is 0.453. The molecule has 0 saturated carbocycles. The van der Waals surface area contributed by atoms with Crippen LogP contribution in [0.3, 0.4) is 0 Å². The number of hydrogen-bond acceptors (Lipinski definition) is 4. The van der Waals surface area contributed by atoms with Crippen molar-refractivity contribution >= 4 is 17.3 Å². The first-order valence-electron chi connectivity index (χ1n) is 6.37. The van der Waals surface area contributed by atoms with Crippen molar-refractivity contribution in [2.75, 3.05) is 38.4 Å². The van der Waals surface area contributed by atoms with Gasteiger partial charge in [0.05, 0.1) is 6.61 Å². The number of carbonyl (C=O) groups is 1. The van der Waals surface area contributed by atoms with Gasteiger partial charge in [-0.05, 0) is 38.2 Å². The average Bonchev–Trinajstić information content (AvgIpc) is 2.39. The van der Waals surface area contributed by atoms with Crippen LogP contribution < -0.4 is 11.1 Å². The molecule has 5 nitrogen and oxygen atoms in total. The molecule has 0 fully saturated rings. The molecule has 0 heterocycles. The molecule has 0 saturated heterocycles. The number of methoxy groups -OCH3 is 1. The lowest BCUT2D eigenvalue weighted by atomic mass is 10.2. The molecule has 0 spiro atoms. The SMILES string of the molecule is COCC(C)N(C)CCC(=O)Nc1ccc(N)cc1. The van der Waals surface area contributed by atoms with E-state index in [0.29, 0.717) is 31.3 Å². The molecule has 106 valence electrons. The monoisotopic (exact) mass is 265 g/mol. The highest BCUT2D eigenvalue weighted by molar-refractivity contribution is 5.90. The number of nitrogen functional groups attached to an aromatic ring is 1. The molecule has 1 aromatic carbocycles. The van der Waals surface area contributed by atoms with E-state index in [1.54, 1.807) is 31.4 Å². The second-order valence-corrected chi connectivity index (χ2v) is 4.71. The number of benzene rings is 1. The Morgan fingerprint density at radius 2 is 2.05 bits per heavy atom. The second-order valence-electron chi connectivity index (χ2n) is 4.71. The number of nitrogens with two attached hydrogens (primary N) is 1. The second kappa shape index (κ2) is 7.76. The highest BCUT2D eigenvalue weighted by Crippen LogP contribution is 2.10. The summed E-state index contributed by atoms with van der Waals surface area (Å²) in [5.74, 6) is 0.00115. The summed E-state index contributed by atoms with van der Waals surface area (Å²) in [4.78, 5) is 13.9. The first-order valence-corrected chi connectivity index (χ1v) is 6.37. The van der Waals surface area contributed by atoms with Gasteiger partial charge in [-0.1, -0.05) is 0 Å². The zero-order chi connectivity index (χ0) is 14.3. The number of hydrogen-bond donors (Lipinski definition) is 2. The molecule has 0 aliphatic carbocycles. The van der Waals surface area contributed by atoms with Crippen molar-refractivity contribution in [2.45, 2.75) is 19.4 Å². The minimum atomic E-state index is 0.00115. The van der Waals surface area contributed by atoms with Crippen LogP contribution in [0.25, 0.3) is 0 Å². The van der Waals surface area contributed by atoms with Gasteiger partial charge in [-0.15, -0.1) is 0 Å². The Morgan fingerprint density at radius 3 is 2.63 bits per heavy atom. The third-order valence-corrected chi connectivity index (χ3v) is 3.05. The van der Waals surface area contributed by atoms with Gasteiger partial charge in [0.25, 0.3) is 0 Å². The van der Waals surface area contributed by atoms with Gasteiger partial charge in [0.2, 0.25) is 5.91 Å². The summed E-state index contributed by atoms with van der Waals surface area (Å²) in [6.45, 7) is 3.43. The summed E-state index contributed by atoms with van der Waals surface area (Å²) in [6, 6.07) is 7.43. The van der Waals surface area contributed by atoms with E-state index < -0.39 is 0 Å². The van der Waals surface area contributed by atoms with E-state index in [2.05, 4.69) is 17.1 Å². The molecule has 1 atom stereocenters. The zero-order valence-corrected chi connectivity index (χ0v) is 11.8. The van der Waals surface area contributed by atoms with Crippen molar-refractivity contribution in [3.63, 3.8) is 0 Å². The lowest BCUT2D eigenvalue weighted by Crippen LogP contribution is -2.35. The van der Waals surface area contributed by atoms with Crippen LogP contribution in [0, 0.1) is 0 Å². The standard InChI is InChI=1S/C14H23N3O2/c1-11(10-19-3)17(2)9-8-14(18)16-13-6-4-12(15)5-7-13/h4-7,11H,8-10,15H2,1-3H3,(H,16,18). The van der Waals surface area contributed by atoms with Crippen LogP contribution in [0.5, 0.6) is 0 Å². The summed E-state index contributed by atoms with van der Waals surface area (Å²) in [5, 5.41) is 2.84. The largest absolute Gasteiger partial charge is 0.399 e. The first kappa shape index (κ1) is 15.5. The summed E-state index contributed by atoms with van der Waals surface area (Å²) in [7, 11) is 3.67. The molecule has 1 amide bonds. The quantitative estimate of drug-likeness (QED) is 0.734. The number of anilines is 2. The third kappa shape index (κ3) is 5.72. The molecule has 0 bridgehead atoms. The lowest BCUT2D eigenvalue weighted by Gasteiger charge is -2.23. The van der Waals surface area contributed by atoms with Crippen LogP contribution in [-0.4, -0.2) is 44.2 Å². The normalized spacial score (nSPS) is 12.4. The van der Waals surface area contributed by atoms with Gasteiger partial charge in [0.1, 0.15) is 0 Å². The Morgan fingerprint density at radius 1 is 1.42 bits per heavy atom. The highest BCUT2D eigenvalue weighted by atomic mass is 16.5. The maximum atomic E-state index is 11.8. The van der Waals surface area contributed by atoms with Gasteiger partial charge in [-0.3, -0.25) is 4.79 Å². The summed E-state index contributed by atoms with van der Waals surface area (Å²) >= 11 is 0. The molecule has 1 aromatic rings. The van der Waals surface area contributed by atoms with E-state index in [4.69, 9.17) is 10.5 Å². The van der Waals surface area contributed by atoms with Crippen molar-refractivity contribution < 1.29 is 9.53 Å². The molecule has 5 heteroatoms. The average molecular weight is 265 g/mol. The minimum absolute atomic E-state index is 0.00115. The van der Waals surface area contributed by atoms with E-state index >= 15 is 0 Å². The van der Waals surface area contributed by atoms with Crippen LogP contribution in [0.1, 0.15) is 13.3 Å². The van der Waals surface area contributed by atoms with Gasteiger partial charge >= 0.3 is 0 Å². The number of rotatable bonds is 7. The number of likely N-dealkylation sites (N-methyl/N-ethyl adjacent to an activating group) is 1.